The number of ether oxygens (including phenoxy) is 2. The minimum atomic E-state index is -0.320. The molecule has 0 saturated heterocycles. The molecule has 1 amide bonds. The Hall–Kier alpha value is -3.61. The molecular formula is C22H24N4O3. The maximum absolute atomic E-state index is 12.5. The van der Waals surface area contributed by atoms with Gasteiger partial charge in [-0.05, 0) is 75.4 Å². The third-order valence-corrected chi connectivity index (χ3v) is 3.79. The first-order valence-electron chi connectivity index (χ1n) is 9.44. The monoisotopic (exact) mass is 392 g/mol. The topological polar surface area (TPSA) is 85.4 Å². The molecule has 150 valence electrons. The molecule has 0 radical (unpaired) electrons. The highest BCUT2D eigenvalue weighted by atomic mass is 16.5. The lowest BCUT2D eigenvalue weighted by atomic mass is 10.3. The molecule has 0 fully saturated rings. The fourth-order valence-corrected chi connectivity index (χ4v) is 2.56. The number of hydrogen-bond acceptors (Lipinski definition) is 6. The van der Waals surface area contributed by atoms with Crippen molar-refractivity contribution in [2.45, 2.75) is 26.9 Å². The highest BCUT2D eigenvalue weighted by Crippen LogP contribution is 2.19. The summed E-state index contributed by atoms with van der Waals surface area (Å²) in [6.45, 7) is 6.47. The van der Waals surface area contributed by atoms with Crippen LogP contribution in [-0.2, 0) is 0 Å². The lowest BCUT2D eigenvalue weighted by Gasteiger charge is -2.11. The van der Waals surface area contributed by atoms with Gasteiger partial charge in [-0.1, -0.05) is 0 Å². The van der Waals surface area contributed by atoms with Gasteiger partial charge in [0.2, 0.25) is 5.95 Å². The minimum Gasteiger partial charge on any atom is -0.494 e. The van der Waals surface area contributed by atoms with E-state index in [9.17, 15) is 4.79 Å². The van der Waals surface area contributed by atoms with E-state index < -0.39 is 0 Å². The van der Waals surface area contributed by atoms with Crippen molar-refractivity contribution < 1.29 is 14.3 Å². The van der Waals surface area contributed by atoms with Crippen LogP contribution in [-0.4, -0.2) is 28.6 Å². The Morgan fingerprint density at radius 3 is 2.28 bits per heavy atom. The van der Waals surface area contributed by atoms with Crippen LogP contribution in [0.1, 0.15) is 31.3 Å². The molecule has 0 atom stereocenters. The van der Waals surface area contributed by atoms with E-state index in [4.69, 9.17) is 9.47 Å². The van der Waals surface area contributed by atoms with Crippen molar-refractivity contribution in [3.05, 3.63) is 66.5 Å². The van der Waals surface area contributed by atoms with Crippen LogP contribution in [0.2, 0.25) is 0 Å². The van der Waals surface area contributed by atoms with Gasteiger partial charge in [-0.2, -0.15) is 0 Å². The number of nitrogens with one attached hydrogen (secondary N) is 2. The van der Waals surface area contributed by atoms with Gasteiger partial charge in [0.05, 0.1) is 12.7 Å². The normalized spacial score (nSPS) is 10.5. The summed E-state index contributed by atoms with van der Waals surface area (Å²) in [6.07, 6.45) is 1.64. The lowest BCUT2D eigenvalue weighted by Crippen LogP contribution is -2.14. The molecule has 3 aromatic rings. The van der Waals surface area contributed by atoms with Gasteiger partial charge in [-0.25, -0.2) is 9.97 Å². The van der Waals surface area contributed by atoms with E-state index in [-0.39, 0.29) is 17.7 Å². The van der Waals surface area contributed by atoms with Gasteiger partial charge in [-0.3, -0.25) is 4.79 Å². The van der Waals surface area contributed by atoms with Gasteiger partial charge < -0.3 is 20.1 Å². The van der Waals surface area contributed by atoms with Crippen LogP contribution < -0.4 is 20.1 Å². The molecular weight excluding hydrogens is 368 g/mol. The second-order valence-electron chi connectivity index (χ2n) is 6.49. The first kappa shape index (κ1) is 20.1. The summed E-state index contributed by atoms with van der Waals surface area (Å²) in [5, 5.41) is 5.91. The van der Waals surface area contributed by atoms with Crippen LogP contribution in [0.15, 0.2) is 60.8 Å². The summed E-state index contributed by atoms with van der Waals surface area (Å²) < 4.78 is 11.0. The van der Waals surface area contributed by atoms with Crippen molar-refractivity contribution in [3.8, 4) is 11.5 Å². The van der Waals surface area contributed by atoms with Crippen LogP contribution in [0.3, 0.4) is 0 Å². The zero-order chi connectivity index (χ0) is 20.6. The summed E-state index contributed by atoms with van der Waals surface area (Å²) in [7, 11) is 0. The number of hydrogen-bond donors (Lipinski definition) is 2. The number of nitrogens with zero attached hydrogens (tertiary/aromatic N) is 2. The second-order valence-corrected chi connectivity index (χ2v) is 6.49. The van der Waals surface area contributed by atoms with Crippen LogP contribution in [0, 0.1) is 0 Å². The van der Waals surface area contributed by atoms with Gasteiger partial charge in [-0.15, -0.1) is 0 Å². The molecule has 2 aromatic carbocycles. The lowest BCUT2D eigenvalue weighted by molar-refractivity contribution is 0.102. The molecule has 0 aliphatic heterocycles. The van der Waals surface area contributed by atoms with Crippen molar-refractivity contribution in [1.82, 2.24) is 9.97 Å². The molecule has 0 unspecified atom stereocenters. The maximum atomic E-state index is 12.5. The average Bonchev–Trinajstić information content (AvgIpc) is 2.71. The summed E-state index contributed by atoms with van der Waals surface area (Å²) in [6, 6.07) is 16.2. The number of carbonyl (C=O) groups excluding carboxylic acids is 1. The molecule has 3 rings (SSSR count). The van der Waals surface area contributed by atoms with Crippen molar-refractivity contribution in [3.63, 3.8) is 0 Å². The van der Waals surface area contributed by atoms with E-state index in [0.717, 1.165) is 17.2 Å². The predicted octanol–water partition coefficient (Wildman–Crippen LogP) is 4.66. The molecule has 0 aliphatic rings. The van der Waals surface area contributed by atoms with Crippen LogP contribution >= 0.6 is 0 Å². The highest BCUT2D eigenvalue weighted by Gasteiger charge is 2.10. The number of anilines is 3. The van der Waals surface area contributed by atoms with Crippen LogP contribution in [0.25, 0.3) is 0 Å². The van der Waals surface area contributed by atoms with E-state index in [0.29, 0.717) is 18.2 Å². The fraction of sp³-hybridized carbons (Fsp3) is 0.227. The summed E-state index contributed by atoms with van der Waals surface area (Å²) in [4.78, 5) is 21.0. The van der Waals surface area contributed by atoms with E-state index >= 15 is 0 Å². The Morgan fingerprint density at radius 1 is 0.966 bits per heavy atom. The maximum Gasteiger partial charge on any atom is 0.274 e. The van der Waals surface area contributed by atoms with E-state index in [1.165, 1.54) is 0 Å². The van der Waals surface area contributed by atoms with Gasteiger partial charge >= 0.3 is 0 Å². The molecule has 29 heavy (non-hydrogen) atoms. The molecule has 2 N–H and O–H groups in total. The Bertz CT molecular complexity index is 941. The smallest absolute Gasteiger partial charge is 0.274 e. The number of aromatic nitrogens is 2. The van der Waals surface area contributed by atoms with Crippen molar-refractivity contribution >= 4 is 23.2 Å². The molecule has 0 saturated carbocycles. The predicted molar refractivity (Wildman–Crippen MR) is 113 cm³/mol. The van der Waals surface area contributed by atoms with Crippen molar-refractivity contribution in [2.24, 2.45) is 0 Å². The van der Waals surface area contributed by atoms with E-state index in [2.05, 4.69) is 20.6 Å². The minimum absolute atomic E-state index is 0.0951. The Morgan fingerprint density at radius 2 is 1.62 bits per heavy atom. The van der Waals surface area contributed by atoms with Crippen LogP contribution in [0.5, 0.6) is 11.5 Å². The van der Waals surface area contributed by atoms with Gasteiger partial charge in [0, 0.05) is 17.6 Å². The SMILES string of the molecule is CCOc1ccc(Nc2nccc(C(=O)Nc3ccc(OC(C)C)cc3)n2)cc1. The summed E-state index contributed by atoms with van der Waals surface area (Å²) in [5.41, 5.74) is 1.72. The third kappa shape index (κ3) is 5.93. The second kappa shape index (κ2) is 9.54. The van der Waals surface area contributed by atoms with E-state index in [1.54, 1.807) is 24.4 Å². The largest absolute Gasteiger partial charge is 0.494 e. The van der Waals surface area contributed by atoms with Crippen molar-refractivity contribution in [1.29, 1.82) is 0 Å². The Kier molecular flexibility index (Phi) is 6.63. The number of rotatable bonds is 8. The number of amides is 1. The Balaban J connectivity index is 1.64. The van der Waals surface area contributed by atoms with Gasteiger partial charge in [0.1, 0.15) is 17.2 Å². The number of carbonyl (C=O) groups is 1. The molecule has 7 heteroatoms. The molecule has 0 aliphatic carbocycles. The standard InChI is InChI=1S/C22H24N4O3/c1-4-28-18-9-5-17(6-10-18)25-22-23-14-13-20(26-22)21(27)24-16-7-11-19(12-8-16)29-15(2)3/h5-15H,4H2,1-3H3,(H,24,27)(H,23,25,26). The zero-order valence-corrected chi connectivity index (χ0v) is 16.7. The first-order chi connectivity index (χ1) is 14.0. The van der Waals surface area contributed by atoms with Gasteiger partial charge in [0.25, 0.3) is 5.91 Å². The molecule has 1 aromatic heterocycles. The molecule has 1 heterocycles. The first-order valence-corrected chi connectivity index (χ1v) is 9.44. The summed E-state index contributed by atoms with van der Waals surface area (Å²) >= 11 is 0. The fourth-order valence-electron chi connectivity index (χ4n) is 2.56. The molecule has 0 spiro atoms. The highest BCUT2D eigenvalue weighted by molar-refractivity contribution is 6.03. The van der Waals surface area contributed by atoms with Crippen LogP contribution in [0.4, 0.5) is 17.3 Å². The van der Waals surface area contributed by atoms with E-state index in [1.807, 2.05) is 57.2 Å². The average molecular weight is 392 g/mol. The van der Waals surface area contributed by atoms with Crippen molar-refractivity contribution in [2.75, 3.05) is 17.2 Å². The zero-order valence-electron chi connectivity index (χ0n) is 16.7. The molecule has 7 nitrogen and oxygen atoms in total. The van der Waals surface area contributed by atoms with Gasteiger partial charge in [0.15, 0.2) is 0 Å². The quantitative estimate of drug-likeness (QED) is 0.580. The third-order valence-electron chi connectivity index (χ3n) is 3.79. The summed E-state index contributed by atoms with van der Waals surface area (Å²) in [5.74, 6) is 1.56. The Labute approximate surface area is 170 Å². The number of benzene rings is 2. The molecule has 0 bridgehead atoms.